The van der Waals surface area contributed by atoms with E-state index < -0.39 is 30.7 Å². The van der Waals surface area contributed by atoms with Gasteiger partial charge in [0.15, 0.2) is 0 Å². The molecule has 0 heterocycles. The van der Waals surface area contributed by atoms with E-state index in [9.17, 15) is 22.7 Å². The van der Waals surface area contributed by atoms with Crippen LogP contribution in [0.4, 0.5) is 0 Å². The normalized spacial score (nSPS) is 19.2. The third kappa shape index (κ3) is 3.02. The first-order valence-electron chi connectivity index (χ1n) is 6.67. The molecule has 120 valence electrons. The molecule has 1 saturated carbocycles. The molecule has 2 rings (SSSR count). The third-order valence-electron chi connectivity index (χ3n) is 3.82. The number of halogens is 1. The van der Waals surface area contributed by atoms with Gasteiger partial charge in [0.2, 0.25) is 0 Å². The predicted octanol–water partition coefficient (Wildman–Crippen LogP) is 2.32. The Balaban J connectivity index is 2.60. The predicted molar refractivity (Wildman–Crippen MR) is 82.0 cm³/mol. The summed E-state index contributed by atoms with van der Waals surface area (Å²) in [7, 11) is -4.25. The Morgan fingerprint density at radius 2 is 1.95 bits per heavy atom. The van der Waals surface area contributed by atoms with Crippen molar-refractivity contribution in [3.05, 3.63) is 34.8 Å². The summed E-state index contributed by atoms with van der Waals surface area (Å²) in [6, 6.07) is 5.42. The minimum absolute atomic E-state index is 0.113. The van der Waals surface area contributed by atoms with Crippen molar-refractivity contribution in [3.63, 3.8) is 0 Å². The fraction of sp³-hybridized carbons (Fsp3) is 0.462. The first-order valence-corrected chi connectivity index (χ1v) is 9.61. The van der Waals surface area contributed by atoms with Gasteiger partial charge in [-0.2, -0.15) is 4.79 Å². The average Bonchev–Trinajstić information content (AvgIpc) is 2.48. The Labute approximate surface area is 136 Å². The maximum absolute atomic E-state index is 12.7. The monoisotopic (exact) mass is 361 g/mol. The van der Waals surface area contributed by atoms with E-state index in [1.165, 1.54) is 24.3 Å². The van der Waals surface area contributed by atoms with E-state index in [-0.39, 0.29) is 22.8 Å². The lowest BCUT2D eigenvalue weighted by Crippen LogP contribution is -2.48. The average molecular weight is 362 g/mol. The Morgan fingerprint density at radius 3 is 2.45 bits per heavy atom. The first kappa shape index (κ1) is 17.3. The molecule has 0 aromatic heterocycles. The van der Waals surface area contributed by atoms with Gasteiger partial charge in [-0.15, -0.1) is 0 Å². The molecule has 0 N–H and O–H groups in total. The summed E-state index contributed by atoms with van der Waals surface area (Å²) >= 11 is 3.07. The topological polar surface area (TPSA) is 111 Å². The van der Waals surface area contributed by atoms with Crippen LogP contribution in [0.2, 0.25) is 5.02 Å². The van der Waals surface area contributed by atoms with Gasteiger partial charge in [-0.25, -0.2) is 8.42 Å². The summed E-state index contributed by atoms with van der Waals surface area (Å²) < 4.78 is 47.2. The van der Waals surface area contributed by atoms with E-state index in [0.717, 1.165) is 6.42 Å². The summed E-state index contributed by atoms with van der Waals surface area (Å²) in [5, 5.41) is -0.533. The molecule has 0 bridgehead atoms. The molecule has 22 heavy (non-hydrogen) atoms. The molecule has 0 radical (unpaired) electrons. The highest BCUT2D eigenvalue weighted by Crippen LogP contribution is 2.36. The Morgan fingerprint density at radius 1 is 1.32 bits per heavy atom. The number of sulfone groups is 1. The molecular weight excluding hydrogens is 348 g/mol. The molecule has 1 aromatic carbocycles. The van der Waals surface area contributed by atoms with E-state index in [0.29, 0.717) is 12.8 Å². The largest absolute Gasteiger partial charge is 0.771 e. The summed E-state index contributed by atoms with van der Waals surface area (Å²) in [4.78, 5) is 2.68. The smallest absolute Gasteiger partial charge is 0.403 e. The number of rotatable bonds is 3. The zero-order valence-corrected chi connectivity index (χ0v) is 14.0. The summed E-state index contributed by atoms with van der Waals surface area (Å²) in [5.41, 5.74) is 9.26. The van der Waals surface area contributed by atoms with Crippen molar-refractivity contribution >= 4 is 37.6 Å². The van der Waals surface area contributed by atoms with Crippen LogP contribution in [0.15, 0.2) is 29.2 Å². The molecule has 1 unspecified atom stereocenters. The van der Waals surface area contributed by atoms with Crippen molar-refractivity contribution in [2.75, 3.05) is 0 Å². The van der Waals surface area contributed by atoms with E-state index in [1.54, 1.807) is 0 Å². The fourth-order valence-electron chi connectivity index (χ4n) is 2.71. The summed E-state index contributed by atoms with van der Waals surface area (Å²) in [6.07, 6.45) is 2.15. The molecule has 1 aromatic rings. The molecule has 1 atom stereocenters. The zero-order chi connectivity index (χ0) is 16.4. The summed E-state index contributed by atoms with van der Waals surface area (Å²) in [6.45, 7) is 0. The van der Waals surface area contributed by atoms with Crippen LogP contribution in [0.1, 0.15) is 32.1 Å². The number of hydrogen-bond donors (Lipinski definition) is 0. The van der Waals surface area contributed by atoms with Crippen LogP contribution >= 0.6 is 11.6 Å². The summed E-state index contributed by atoms with van der Waals surface area (Å²) in [5.74, 6) is 0. The van der Waals surface area contributed by atoms with Crippen LogP contribution in [0, 0.1) is 0 Å². The second kappa shape index (κ2) is 6.60. The van der Waals surface area contributed by atoms with Gasteiger partial charge < -0.3 is 10.1 Å². The van der Waals surface area contributed by atoms with Crippen molar-refractivity contribution < 1.29 is 22.0 Å². The molecule has 0 amide bonds. The van der Waals surface area contributed by atoms with E-state index in [2.05, 4.69) is 4.79 Å². The third-order valence-corrected chi connectivity index (χ3v) is 7.28. The van der Waals surface area contributed by atoms with Gasteiger partial charge in [0, 0.05) is 5.02 Å². The van der Waals surface area contributed by atoms with Gasteiger partial charge in [0.1, 0.15) is 4.75 Å². The van der Waals surface area contributed by atoms with Crippen LogP contribution in [0.3, 0.4) is 0 Å². The van der Waals surface area contributed by atoms with Crippen molar-refractivity contribution in [1.29, 1.82) is 0 Å². The van der Waals surface area contributed by atoms with Gasteiger partial charge in [-0.05, 0) is 42.1 Å². The maximum atomic E-state index is 12.7. The maximum Gasteiger partial charge on any atom is 0.403 e. The molecule has 9 heteroatoms. The highest BCUT2D eigenvalue weighted by molar-refractivity contribution is 8.08. The van der Waals surface area contributed by atoms with Gasteiger partial charge in [-0.1, -0.05) is 36.9 Å². The van der Waals surface area contributed by atoms with E-state index in [4.69, 9.17) is 11.6 Å². The lowest BCUT2D eigenvalue weighted by molar-refractivity contribution is -0.00759. The Bertz CT molecular complexity index is 751. The minimum atomic E-state index is -4.25. The molecule has 1 fully saturated rings. The number of benzene rings is 1. The van der Waals surface area contributed by atoms with Crippen LogP contribution in [0.5, 0.6) is 0 Å². The van der Waals surface area contributed by atoms with Crippen LogP contribution in [0.25, 0.3) is 5.53 Å². The number of hydrogen-bond acceptors (Lipinski definition) is 4. The lowest BCUT2D eigenvalue weighted by atomic mass is 9.89. The standard InChI is InChI=1S/C13H15ClN2O4S2/c14-10-5-4-6-11(9-10)22(19,20)12(16-15)13(21(17)18)7-2-1-3-8-13/h4-6,9H,1-3,7-8H2,(H,17,18)/p-1. The molecule has 6 nitrogen and oxygen atoms in total. The molecule has 0 aliphatic heterocycles. The highest BCUT2D eigenvalue weighted by atomic mass is 35.5. The van der Waals surface area contributed by atoms with E-state index in [1.807, 2.05) is 0 Å². The second-order valence-electron chi connectivity index (χ2n) is 5.16. The van der Waals surface area contributed by atoms with Crippen molar-refractivity contribution in [1.82, 2.24) is 0 Å². The quantitative estimate of drug-likeness (QED) is 0.270. The van der Waals surface area contributed by atoms with Crippen molar-refractivity contribution in [2.45, 2.75) is 41.7 Å². The van der Waals surface area contributed by atoms with E-state index >= 15 is 0 Å². The lowest BCUT2D eigenvalue weighted by Gasteiger charge is -2.34. The van der Waals surface area contributed by atoms with Crippen LogP contribution in [-0.4, -0.2) is 31.8 Å². The number of nitrogens with zero attached hydrogens (tertiary/aromatic N) is 2. The molecule has 0 spiro atoms. The Kier molecular flexibility index (Phi) is 5.19. The fourth-order valence-corrected chi connectivity index (χ4v) is 5.87. The van der Waals surface area contributed by atoms with Gasteiger partial charge in [0.05, 0.1) is 4.90 Å². The first-order chi connectivity index (χ1) is 10.3. The van der Waals surface area contributed by atoms with Crippen molar-refractivity contribution in [2.24, 2.45) is 0 Å². The van der Waals surface area contributed by atoms with Gasteiger partial charge in [0.25, 0.3) is 9.84 Å². The van der Waals surface area contributed by atoms with Gasteiger partial charge in [-0.3, -0.25) is 4.21 Å². The highest BCUT2D eigenvalue weighted by Gasteiger charge is 2.52. The van der Waals surface area contributed by atoms with Crippen LogP contribution < -0.4 is 0 Å². The molecule has 1 aliphatic carbocycles. The molecular formula is C13H14ClN2O4S2-. The second-order valence-corrected chi connectivity index (χ2v) is 8.71. The Hall–Kier alpha value is -1.05. The van der Waals surface area contributed by atoms with Crippen molar-refractivity contribution in [3.8, 4) is 0 Å². The van der Waals surface area contributed by atoms with Gasteiger partial charge >= 0.3 is 5.04 Å². The molecule has 1 aliphatic rings. The zero-order valence-electron chi connectivity index (χ0n) is 11.6. The molecule has 0 saturated heterocycles. The minimum Gasteiger partial charge on any atom is -0.771 e. The SMILES string of the molecule is [N-]=[N+]=C(C1(S(=O)[O-])CCCCC1)S(=O)(=O)c1cccc(Cl)c1. The van der Waals surface area contributed by atoms with Crippen LogP contribution in [-0.2, 0) is 20.9 Å².